The van der Waals surface area contributed by atoms with Gasteiger partial charge in [-0.2, -0.15) is 0 Å². The van der Waals surface area contributed by atoms with Crippen molar-refractivity contribution in [3.63, 3.8) is 0 Å². The Kier molecular flexibility index (Phi) is 4.84. The van der Waals surface area contributed by atoms with Crippen LogP contribution in [0.4, 0.5) is 0 Å². The first-order chi connectivity index (χ1) is 11.6. The lowest BCUT2D eigenvalue weighted by Gasteiger charge is -2.15. The summed E-state index contributed by atoms with van der Waals surface area (Å²) in [6, 6.07) is 12.4. The Balaban J connectivity index is 1.66. The van der Waals surface area contributed by atoms with Crippen LogP contribution < -0.4 is 10.9 Å². The van der Waals surface area contributed by atoms with Gasteiger partial charge in [-0.25, -0.2) is 0 Å². The third kappa shape index (κ3) is 3.75. The highest BCUT2D eigenvalue weighted by Gasteiger charge is 2.27. The van der Waals surface area contributed by atoms with Crippen LogP contribution in [0.15, 0.2) is 47.4 Å². The SMILES string of the molecule is Cc1ccn(C2CC2)c(=O)c1C(=O)NC(C)CCc1ccccc1. The van der Waals surface area contributed by atoms with E-state index in [0.717, 1.165) is 31.2 Å². The zero-order valence-electron chi connectivity index (χ0n) is 14.3. The highest BCUT2D eigenvalue weighted by atomic mass is 16.2. The Bertz CT molecular complexity index is 776. The highest BCUT2D eigenvalue weighted by molar-refractivity contribution is 5.95. The maximum absolute atomic E-state index is 12.6. The Morgan fingerprint density at radius 3 is 2.62 bits per heavy atom. The fraction of sp³-hybridized carbons (Fsp3) is 0.400. The second kappa shape index (κ2) is 7.04. The normalized spacial score (nSPS) is 15.1. The zero-order valence-corrected chi connectivity index (χ0v) is 14.3. The lowest BCUT2D eigenvalue weighted by atomic mass is 10.1. The molecule has 1 amide bonds. The van der Waals surface area contributed by atoms with E-state index in [2.05, 4.69) is 17.4 Å². The predicted molar refractivity (Wildman–Crippen MR) is 95.4 cm³/mol. The van der Waals surface area contributed by atoms with E-state index in [4.69, 9.17) is 0 Å². The molecule has 4 heteroatoms. The summed E-state index contributed by atoms with van der Waals surface area (Å²) < 4.78 is 1.70. The summed E-state index contributed by atoms with van der Waals surface area (Å²) >= 11 is 0. The van der Waals surface area contributed by atoms with Crippen molar-refractivity contribution in [1.82, 2.24) is 9.88 Å². The average Bonchev–Trinajstić information content (AvgIpc) is 3.39. The van der Waals surface area contributed by atoms with E-state index in [1.165, 1.54) is 5.56 Å². The first-order valence-electron chi connectivity index (χ1n) is 8.63. The molecule has 1 aromatic heterocycles. The number of hydrogen-bond acceptors (Lipinski definition) is 2. The van der Waals surface area contributed by atoms with Gasteiger partial charge in [-0.15, -0.1) is 0 Å². The molecule has 4 nitrogen and oxygen atoms in total. The van der Waals surface area contributed by atoms with Crippen molar-refractivity contribution in [2.45, 2.75) is 51.6 Å². The fourth-order valence-electron chi connectivity index (χ4n) is 2.95. The van der Waals surface area contributed by atoms with Crippen LogP contribution in [0.25, 0.3) is 0 Å². The molecule has 1 saturated carbocycles. The van der Waals surface area contributed by atoms with Crippen LogP contribution in [0.1, 0.15) is 53.7 Å². The van der Waals surface area contributed by atoms with Crippen LogP contribution in [0.3, 0.4) is 0 Å². The van der Waals surface area contributed by atoms with Gasteiger partial charge in [-0.3, -0.25) is 9.59 Å². The zero-order chi connectivity index (χ0) is 17.1. The maximum atomic E-state index is 12.6. The molecule has 126 valence electrons. The Hall–Kier alpha value is -2.36. The fourth-order valence-corrected chi connectivity index (χ4v) is 2.95. The number of nitrogens with zero attached hydrogens (tertiary/aromatic N) is 1. The van der Waals surface area contributed by atoms with Crippen LogP contribution in [0, 0.1) is 6.92 Å². The molecule has 1 heterocycles. The highest BCUT2D eigenvalue weighted by Crippen LogP contribution is 2.33. The molecule has 24 heavy (non-hydrogen) atoms. The van der Waals surface area contributed by atoms with Crippen LogP contribution in [-0.4, -0.2) is 16.5 Å². The summed E-state index contributed by atoms with van der Waals surface area (Å²) in [5, 5.41) is 2.98. The molecule has 1 N–H and O–H groups in total. The Labute approximate surface area is 142 Å². The Morgan fingerprint density at radius 1 is 1.25 bits per heavy atom. The number of benzene rings is 1. The number of hydrogen-bond donors (Lipinski definition) is 1. The van der Waals surface area contributed by atoms with Gasteiger partial charge < -0.3 is 9.88 Å². The molecular weight excluding hydrogens is 300 g/mol. The molecule has 0 aliphatic heterocycles. The van der Waals surface area contributed by atoms with Crippen molar-refractivity contribution >= 4 is 5.91 Å². The van der Waals surface area contributed by atoms with Crippen molar-refractivity contribution in [3.05, 3.63) is 69.6 Å². The summed E-state index contributed by atoms with van der Waals surface area (Å²) in [6.07, 6.45) is 5.61. The van der Waals surface area contributed by atoms with Crippen LogP contribution in [0.5, 0.6) is 0 Å². The van der Waals surface area contributed by atoms with Crippen LogP contribution >= 0.6 is 0 Å². The van der Waals surface area contributed by atoms with Gasteiger partial charge in [0.05, 0.1) is 0 Å². The lowest BCUT2D eigenvalue weighted by molar-refractivity contribution is 0.0935. The quantitative estimate of drug-likeness (QED) is 0.887. The number of carbonyl (C=O) groups is 1. The van der Waals surface area contributed by atoms with E-state index in [1.807, 2.05) is 44.3 Å². The lowest BCUT2D eigenvalue weighted by Crippen LogP contribution is -2.38. The molecule has 1 aliphatic carbocycles. The topological polar surface area (TPSA) is 51.1 Å². The monoisotopic (exact) mass is 324 g/mol. The van der Waals surface area contributed by atoms with E-state index >= 15 is 0 Å². The Morgan fingerprint density at radius 2 is 1.96 bits per heavy atom. The second-order valence-corrected chi connectivity index (χ2v) is 6.72. The third-order valence-corrected chi connectivity index (χ3v) is 4.58. The molecule has 0 radical (unpaired) electrons. The summed E-state index contributed by atoms with van der Waals surface area (Å²) in [5.41, 5.74) is 2.12. The number of nitrogens with one attached hydrogen (secondary N) is 1. The minimum Gasteiger partial charge on any atom is -0.349 e. The predicted octanol–water partition coefficient (Wildman–Crippen LogP) is 3.24. The molecule has 1 aromatic carbocycles. The summed E-state index contributed by atoms with van der Waals surface area (Å²) in [5.74, 6) is -0.256. The van der Waals surface area contributed by atoms with Gasteiger partial charge in [0.1, 0.15) is 5.56 Å². The van der Waals surface area contributed by atoms with Gasteiger partial charge in [-0.1, -0.05) is 30.3 Å². The molecule has 0 saturated heterocycles. The number of aromatic nitrogens is 1. The van der Waals surface area contributed by atoms with E-state index in [0.29, 0.717) is 0 Å². The molecule has 1 atom stereocenters. The van der Waals surface area contributed by atoms with Crippen molar-refractivity contribution in [3.8, 4) is 0 Å². The van der Waals surface area contributed by atoms with Gasteiger partial charge in [0.25, 0.3) is 11.5 Å². The van der Waals surface area contributed by atoms with Crippen molar-refractivity contribution in [2.75, 3.05) is 0 Å². The van der Waals surface area contributed by atoms with Crippen LogP contribution in [-0.2, 0) is 6.42 Å². The molecule has 1 fully saturated rings. The average molecular weight is 324 g/mol. The number of amides is 1. The van der Waals surface area contributed by atoms with Crippen LogP contribution in [0.2, 0.25) is 0 Å². The van der Waals surface area contributed by atoms with Gasteiger partial charge in [0, 0.05) is 18.3 Å². The molecule has 2 aromatic rings. The van der Waals surface area contributed by atoms with Gasteiger partial charge in [-0.05, 0) is 56.7 Å². The van der Waals surface area contributed by atoms with E-state index < -0.39 is 0 Å². The maximum Gasteiger partial charge on any atom is 0.263 e. The molecule has 0 spiro atoms. The number of aryl methyl sites for hydroxylation is 2. The van der Waals surface area contributed by atoms with Gasteiger partial charge in [0.2, 0.25) is 0 Å². The minimum atomic E-state index is -0.256. The van der Waals surface area contributed by atoms with E-state index in [1.54, 1.807) is 4.57 Å². The number of carbonyl (C=O) groups excluding carboxylic acids is 1. The van der Waals surface area contributed by atoms with Crippen molar-refractivity contribution < 1.29 is 4.79 Å². The smallest absolute Gasteiger partial charge is 0.263 e. The van der Waals surface area contributed by atoms with Crippen molar-refractivity contribution in [1.29, 1.82) is 0 Å². The first kappa shape index (κ1) is 16.5. The van der Waals surface area contributed by atoms with Gasteiger partial charge in [0.15, 0.2) is 0 Å². The summed E-state index contributed by atoms with van der Waals surface area (Å²) in [7, 11) is 0. The number of rotatable bonds is 6. The molecular formula is C20H24N2O2. The third-order valence-electron chi connectivity index (χ3n) is 4.58. The van der Waals surface area contributed by atoms with Crippen molar-refractivity contribution in [2.24, 2.45) is 0 Å². The van der Waals surface area contributed by atoms with E-state index in [9.17, 15) is 9.59 Å². The standard InChI is InChI=1S/C20H24N2O2/c1-14-12-13-22(17-10-11-17)20(24)18(14)19(23)21-15(2)8-9-16-6-4-3-5-7-16/h3-7,12-13,15,17H,8-11H2,1-2H3,(H,21,23). The first-order valence-corrected chi connectivity index (χ1v) is 8.63. The number of pyridine rings is 1. The molecule has 1 unspecified atom stereocenters. The second-order valence-electron chi connectivity index (χ2n) is 6.72. The molecule has 3 rings (SSSR count). The minimum absolute atomic E-state index is 0.0195. The van der Waals surface area contributed by atoms with E-state index in [-0.39, 0.29) is 29.1 Å². The summed E-state index contributed by atoms with van der Waals surface area (Å²) in [6.45, 7) is 3.81. The molecule has 1 aliphatic rings. The molecule has 0 bridgehead atoms. The largest absolute Gasteiger partial charge is 0.349 e. The summed E-state index contributed by atoms with van der Waals surface area (Å²) in [4.78, 5) is 25.2. The van der Waals surface area contributed by atoms with Gasteiger partial charge >= 0.3 is 0 Å².